The average molecular weight is 218 g/mol. The van der Waals surface area contributed by atoms with E-state index < -0.39 is 0 Å². The molecule has 0 unspecified atom stereocenters. The third-order valence-corrected chi connectivity index (χ3v) is 1.73. The van der Waals surface area contributed by atoms with Crippen LogP contribution in [0, 0.1) is 16.7 Å². The maximum Gasteiger partial charge on any atom is 0.146 e. The highest BCUT2D eigenvalue weighted by molar-refractivity contribution is 6.15. The zero-order valence-electron chi connectivity index (χ0n) is 9.50. The largest absolute Gasteiger partial charge is 0.383 e. The van der Waals surface area contributed by atoms with Gasteiger partial charge in [-0.1, -0.05) is 0 Å². The van der Waals surface area contributed by atoms with Crippen LogP contribution in [0.5, 0.6) is 0 Å². The van der Waals surface area contributed by atoms with Crippen LogP contribution >= 0.6 is 0 Å². The van der Waals surface area contributed by atoms with E-state index >= 15 is 0 Å². The van der Waals surface area contributed by atoms with Crippen LogP contribution in [-0.4, -0.2) is 21.2 Å². The van der Waals surface area contributed by atoms with Gasteiger partial charge < -0.3 is 11.1 Å². The van der Waals surface area contributed by atoms with Gasteiger partial charge in [-0.25, -0.2) is 9.97 Å². The monoisotopic (exact) mass is 218 g/mol. The molecule has 16 heavy (non-hydrogen) atoms. The minimum atomic E-state index is -0.246. The van der Waals surface area contributed by atoms with Crippen molar-refractivity contribution in [3.63, 3.8) is 0 Å². The molecule has 0 aliphatic rings. The third-order valence-electron chi connectivity index (χ3n) is 1.73. The number of rotatable bonds is 2. The smallest absolute Gasteiger partial charge is 0.146 e. The van der Waals surface area contributed by atoms with Crippen LogP contribution in [0.1, 0.15) is 26.3 Å². The number of hydrogen-bond acceptors (Lipinski definition) is 6. The normalized spacial score (nSPS) is 10.6. The summed E-state index contributed by atoms with van der Waals surface area (Å²) in [6.45, 7) is 5.85. The van der Waals surface area contributed by atoms with Crippen LogP contribution in [0.4, 0.5) is 11.6 Å². The fourth-order valence-electron chi connectivity index (χ4n) is 1.15. The highest BCUT2D eigenvalue weighted by Crippen LogP contribution is 2.20. The number of nitrogens with zero attached hydrogens (tertiary/aromatic N) is 3. The first-order chi connectivity index (χ1) is 7.35. The maximum atomic E-state index is 8.72. The van der Waals surface area contributed by atoms with E-state index in [2.05, 4.69) is 15.3 Å². The van der Waals surface area contributed by atoms with Crippen molar-refractivity contribution >= 4 is 17.3 Å². The van der Waals surface area contributed by atoms with Gasteiger partial charge in [-0.15, -0.1) is 0 Å². The van der Waals surface area contributed by atoms with Crippen molar-refractivity contribution in [2.24, 2.45) is 0 Å². The van der Waals surface area contributed by atoms with Crippen molar-refractivity contribution in [2.45, 2.75) is 26.3 Å². The van der Waals surface area contributed by atoms with Gasteiger partial charge in [0.25, 0.3) is 0 Å². The zero-order valence-corrected chi connectivity index (χ0v) is 9.50. The van der Waals surface area contributed by atoms with Gasteiger partial charge in [0, 0.05) is 5.54 Å². The SMILES string of the molecule is CC(C)(C)Nc1ncnc(N)c1C(=N)C#N. The minimum absolute atomic E-state index is 0.133. The molecule has 0 bridgehead atoms. The van der Waals surface area contributed by atoms with Crippen molar-refractivity contribution in [2.75, 3.05) is 11.1 Å². The molecule has 1 aromatic rings. The summed E-state index contributed by atoms with van der Waals surface area (Å²) in [6, 6.07) is 1.73. The van der Waals surface area contributed by atoms with E-state index in [1.165, 1.54) is 6.33 Å². The van der Waals surface area contributed by atoms with Crippen molar-refractivity contribution in [3.8, 4) is 6.07 Å². The van der Waals surface area contributed by atoms with Gasteiger partial charge in [0.05, 0.1) is 5.56 Å². The van der Waals surface area contributed by atoms with Crippen LogP contribution in [0.3, 0.4) is 0 Å². The van der Waals surface area contributed by atoms with Crippen LogP contribution in [0.25, 0.3) is 0 Å². The van der Waals surface area contributed by atoms with Crippen LogP contribution < -0.4 is 11.1 Å². The van der Waals surface area contributed by atoms with E-state index in [1.54, 1.807) is 6.07 Å². The first-order valence-electron chi connectivity index (χ1n) is 4.73. The molecule has 4 N–H and O–H groups in total. The fourth-order valence-corrected chi connectivity index (χ4v) is 1.15. The minimum Gasteiger partial charge on any atom is -0.383 e. The van der Waals surface area contributed by atoms with Crippen molar-refractivity contribution < 1.29 is 0 Å². The number of nitriles is 1. The lowest BCUT2D eigenvalue weighted by Crippen LogP contribution is -2.28. The maximum absolute atomic E-state index is 8.72. The number of nitrogens with one attached hydrogen (secondary N) is 2. The molecule has 0 saturated carbocycles. The molecule has 1 rings (SSSR count). The molecule has 6 heteroatoms. The quantitative estimate of drug-likeness (QED) is 0.645. The van der Waals surface area contributed by atoms with Gasteiger partial charge in [-0.05, 0) is 20.8 Å². The molecule has 0 aliphatic carbocycles. The summed E-state index contributed by atoms with van der Waals surface area (Å²) >= 11 is 0. The molecule has 0 radical (unpaired) electrons. The lowest BCUT2D eigenvalue weighted by Gasteiger charge is -2.22. The Bertz CT molecular complexity index is 451. The number of aromatic nitrogens is 2. The van der Waals surface area contributed by atoms with Gasteiger partial charge in [-0.3, -0.25) is 5.41 Å². The summed E-state index contributed by atoms with van der Waals surface area (Å²) in [4.78, 5) is 7.77. The summed E-state index contributed by atoms with van der Waals surface area (Å²) in [5.74, 6) is 0.542. The van der Waals surface area contributed by atoms with E-state index in [9.17, 15) is 0 Å². The standard InChI is InChI=1S/C10H14N6/c1-10(2,3)16-9-7(6(12)4-11)8(13)14-5-15-9/h5,12H,1-3H3,(H3,13,14,15,16). The van der Waals surface area contributed by atoms with E-state index in [-0.39, 0.29) is 22.6 Å². The highest BCUT2D eigenvalue weighted by atomic mass is 15.1. The number of anilines is 2. The topological polar surface area (TPSA) is 111 Å². The van der Waals surface area contributed by atoms with Gasteiger partial charge in [0.15, 0.2) is 0 Å². The van der Waals surface area contributed by atoms with Gasteiger partial charge in [0.2, 0.25) is 0 Å². The molecule has 0 aliphatic heterocycles. The summed E-state index contributed by atoms with van der Waals surface area (Å²) < 4.78 is 0. The first-order valence-corrected chi connectivity index (χ1v) is 4.73. The number of hydrogen-bond donors (Lipinski definition) is 3. The second-order valence-corrected chi connectivity index (χ2v) is 4.34. The molecule has 0 aromatic carbocycles. The number of nitrogen functional groups attached to an aromatic ring is 1. The van der Waals surface area contributed by atoms with Gasteiger partial charge >= 0.3 is 0 Å². The van der Waals surface area contributed by atoms with Crippen molar-refractivity contribution in [1.82, 2.24) is 9.97 Å². The van der Waals surface area contributed by atoms with Crippen molar-refractivity contribution in [3.05, 3.63) is 11.9 Å². The molecule has 0 fully saturated rings. The lowest BCUT2D eigenvalue weighted by molar-refractivity contribution is 0.630. The summed E-state index contributed by atoms with van der Waals surface area (Å²) in [5, 5.41) is 19.3. The molecule has 84 valence electrons. The lowest BCUT2D eigenvalue weighted by atomic mass is 10.1. The molecule has 1 heterocycles. The van der Waals surface area contributed by atoms with E-state index in [0.717, 1.165) is 0 Å². The molecular weight excluding hydrogens is 204 g/mol. The Morgan fingerprint density at radius 2 is 2.12 bits per heavy atom. The molecule has 6 nitrogen and oxygen atoms in total. The Morgan fingerprint density at radius 3 is 2.62 bits per heavy atom. The Balaban J connectivity index is 3.25. The van der Waals surface area contributed by atoms with E-state index in [4.69, 9.17) is 16.4 Å². The first kappa shape index (κ1) is 11.9. The second kappa shape index (κ2) is 4.14. The Morgan fingerprint density at radius 1 is 1.50 bits per heavy atom. The van der Waals surface area contributed by atoms with Gasteiger partial charge in [-0.2, -0.15) is 5.26 Å². The average Bonchev–Trinajstić information content (AvgIpc) is 2.14. The van der Waals surface area contributed by atoms with Crippen LogP contribution in [-0.2, 0) is 0 Å². The van der Waals surface area contributed by atoms with Crippen LogP contribution in [0.15, 0.2) is 6.33 Å². The van der Waals surface area contributed by atoms with Crippen LogP contribution in [0.2, 0.25) is 0 Å². The summed E-state index contributed by atoms with van der Waals surface area (Å²) in [6.07, 6.45) is 1.30. The zero-order chi connectivity index (χ0) is 12.3. The Kier molecular flexibility index (Phi) is 3.09. The van der Waals surface area contributed by atoms with Gasteiger partial charge in [0.1, 0.15) is 29.7 Å². The fraction of sp³-hybridized carbons (Fsp3) is 0.400. The molecule has 1 aromatic heterocycles. The summed E-state index contributed by atoms with van der Waals surface area (Å²) in [7, 11) is 0. The van der Waals surface area contributed by atoms with E-state index in [0.29, 0.717) is 5.82 Å². The molecular formula is C10H14N6. The predicted octanol–water partition coefficient (Wildman–Crippen LogP) is 1.16. The molecule has 0 atom stereocenters. The molecule has 0 spiro atoms. The Hall–Kier alpha value is -2.16. The van der Waals surface area contributed by atoms with E-state index in [1.807, 2.05) is 20.8 Å². The summed E-state index contributed by atoms with van der Waals surface area (Å²) in [5.41, 5.74) is 5.41. The highest BCUT2D eigenvalue weighted by Gasteiger charge is 2.18. The molecule has 0 amide bonds. The molecule has 0 saturated heterocycles. The predicted molar refractivity (Wildman–Crippen MR) is 62.3 cm³/mol. The number of nitrogens with two attached hydrogens (primary N) is 1. The third kappa shape index (κ3) is 2.67. The van der Waals surface area contributed by atoms with Crippen molar-refractivity contribution in [1.29, 1.82) is 10.7 Å². The second-order valence-electron chi connectivity index (χ2n) is 4.34. The Labute approximate surface area is 94.0 Å².